The Morgan fingerprint density at radius 1 is 0.882 bits per heavy atom. The van der Waals surface area contributed by atoms with Crippen molar-refractivity contribution in [2.24, 2.45) is 5.73 Å². The van der Waals surface area contributed by atoms with Gasteiger partial charge in [-0.1, -0.05) is 19.6 Å². The van der Waals surface area contributed by atoms with Gasteiger partial charge in [0.15, 0.2) is 0 Å². The topological polar surface area (TPSA) is 53.7 Å². The zero-order chi connectivity index (χ0) is 13.5. The van der Waals surface area contributed by atoms with Crippen LogP contribution in [0.4, 0.5) is 0 Å². The minimum atomic E-state index is -2.56. The van der Waals surface area contributed by atoms with E-state index < -0.39 is 16.9 Å². The molecule has 0 aromatic heterocycles. The molecule has 0 heterocycles. The van der Waals surface area contributed by atoms with E-state index in [9.17, 15) is 0 Å². The minimum Gasteiger partial charge on any atom is -0.374 e. The summed E-state index contributed by atoms with van der Waals surface area (Å²) in [6, 6.07) is 0.734. The van der Waals surface area contributed by atoms with Crippen LogP contribution in [0.3, 0.4) is 0 Å². The predicted octanol–water partition coefficient (Wildman–Crippen LogP) is 2.24. The van der Waals surface area contributed by atoms with Crippen LogP contribution in [-0.2, 0) is 13.3 Å². The van der Waals surface area contributed by atoms with Crippen LogP contribution >= 0.6 is 0 Å². The molecule has 0 aliphatic heterocycles. The van der Waals surface area contributed by atoms with E-state index in [1.807, 2.05) is 20.8 Å². The molecule has 0 amide bonds. The van der Waals surface area contributed by atoms with Gasteiger partial charge < -0.3 is 19.0 Å². The highest BCUT2D eigenvalue weighted by atomic mass is 28.4. The lowest BCUT2D eigenvalue weighted by Crippen LogP contribution is -2.56. The van der Waals surface area contributed by atoms with Gasteiger partial charge in [-0.15, -0.1) is 0 Å². The van der Waals surface area contributed by atoms with Crippen molar-refractivity contribution >= 4 is 16.9 Å². The summed E-state index contributed by atoms with van der Waals surface area (Å²) in [5.41, 5.74) is 6.44. The molecule has 104 valence electrons. The number of hydrogen-bond acceptors (Lipinski definition) is 4. The van der Waals surface area contributed by atoms with Crippen molar-refractivity contribution in [1.29, 1.82) is 0 Å². The van der Waals surface area contributed by atoms with Crippen molar-refractivity contribution in [3.63, 3.8) is 0 Å². The smallest absolute Gasteiger partial charge is 0.374 e. The molecule has 0 saturated carbocycles. The van der Waals surface area contributed by atoms with Gasteiger partial charge in [0.25, 0.3) is 0 Å². The molecule has 0 bridgehead atoms. The van der Waals surface area contributed by atoms with Crippen LogP contribution in [0.1, 0.15) is 20.8 Å². The summed E-state index contributed by atoms with van der Waals surface area (Å²) in [6.07, 6.45) is 0. The van der Waals surface area contributed by atoms with Gasteiger partial charge in [-0.2, -0.15) is 0 Å². The molecule has 2 N–H and O–H groups in total. The lowest BCUT2D eigenvalue weighted by atomic mass is 10.8. The van der Waals surface area contributed by atoms with Gasteiger partial charge in [0, 0.05) is 31.5 Å². The Morgan fingerprint density at radius 3 is 1.47 bits per heavy atom. The molecule has 4 nitrogen and oxygen atoms in total. The zero-order valence-electron chi connectivity index (χ0n) is 12.2. The third-order valence-corrected chi connectivity index (χ3v) is 8.64. The van der Waals surface area contributed by atoms with Gasteiger partial charge in [0.2, 0.25) is 0 Å². The second kappa shape index (κ2) is 7.65. The van der Waals surface area contributed by atoms with Crippen molar-refractivity contribution in [1.82, 2.24) is 0 Å². The van der Waals surface area contributed by atoms with E-state index in [-0.39, 0.29) is 5.67 Å². The quantitative estimate of drug-likeness (QED) is 0.658. The van der Waals surface area contributed by atoms with E-state index in [4.69, 9.17) is 19.0 Å². The molecule has 1 unspecified atom stereocenters. The second-order valence-corrected chi connectivity index (χ2v) is 13.3. The molecule has 0 fully saturated rings. The monoisotopic (exact) mass is 279 g/mol. The summed E-state index contributed by atoms with van der Waals surface area (Å²) in [7, 11) is -3.94. The lowest BCUT2D eigenvalue weighted by molar-refractivity contribution is 0.0710. The second-order valence-electron chi connectivity index (χ2n) is 5.16. The first-order valence-corrected chi connectivity index (χ1v) is 12.0. The maximum Gasteiger partial charge on any atom is 0.502 e. The molecular formula is C11H29NO3Si2. The minimum absolute atomic E-state index is 0.152. The summed E-state index contributed by atoms with van der Waals surface area (Å²) in [5.74, 6) is 0. The molecule has 17 heavy (non-hydrogen) atoms. The third kappa shape index (κ3) is 6.12. The van der Waals surface area contributed by atoms with Gasteiger partial charge in [-0.05, 0) is 20.8 Å². The predicted molar refractivity (Wildman–Crippen MR) is 76.8 cm³/mol. The highest BCUT2D eigenvalue weighted by Crippen LogP contribution is 2.22. The van der Waals surface area contributed by atoms with Gasteiger partial charge in [-0.3, -0.25) is 0 Å². The Kier molecular flexibility index (Phi) is 7.78. The average Bonchev–Trinajstić information content (AvgIpc) is 2.17. The standard InChI is InChI=1S/C11H29NO3Si2/c1-7-13-17(14-8-2,15-9-3)10-11(12)16(4,5)6/h11H,7-10,12H2,1-6H3. The van der Waals surface area contributed by atoms with Gasteiger partial charge in [0.1, 0.15) is 0 Å². The van der Waals surface area contributed by atoms with E-state index in [2.05, 4.69) is 19.6 Å². The van der Waals surface area contributed by atoms with Crippen molar-refractivity contribution in [2.75, 3.05) is 19.8 Å². The molecular weight excluding hydrogens is 250 g/mol. The number of hydrogen-bond donors (Lipinski definition) is 1. The van der Waals surface area contributed by atoms with Crippen LogP contribution in [0.5, 0.6) is 0 Å². The van der Waals surface area contributed by atoms with Crippen molar-refractivity contribution in [3.05, 3.63) is 0 Å². The Bertz CT molecular complexity index is 192. The molecule has 0 rings (SSSR count). The van der Waals surface area contributed by atoms with E-state index in [0.29, 0.717) is 19.8 Å². The summed E-state index contributed by atoms with van der Waals surface area (Å²) >= 11 is 0. The third-order valence-electron chi connectivity index (χ3n) is 2.68. The van der Waals surface area contributed by atoms with E-state index in [1.165, 1.54) is 0 Å². The normalized spacial score (nSPS) is 15.0. The van der Waals surface area contributed by atoms with Crippen LogP contribution in [0.2, 0.25) is 25.7 Å². The van der Waals surface area contributed by atoms with Crippen LogP contribution in [0.15, 0.2) is 0 Å². The summed E-state index contributed by atoms with van der Waals surface area (Å²) in [4.78, 5) is 0. The van der Waals surface area contributed by atoms with E-state index >= 15 is 0 Å². The lowest BCUT2D eigenvalue weighted by Gasteiger charge is -2.34. The van der Waals surface area contributed by atoms with Crippen LogP contribution in [0.25, 0.3) is 0 Å². The summed E-state index contributed by atoms with van der Waals surface area (Å²) in [6.45, 7) is 14.6. The molecule has 0 spiro atoms. The van der Waals surface area contributed by atoms with E-state index in [1.54, 1.807) is 0 Å². The summed E-state index contributed by atoms with van der Waals surface area (Å²) < 4.78 is 17.4. The Balaban J connectivity index is 4.75. The molecule has 0 aliphatic rings. The van der Waals surface area contributed by atoms with Gasteiger partial charge in [-0.25, -0.2) is 0 Å². The van der Waals surface area contributed by atoms with Crippen LogP contribution < -0.4 is 5.73 Å². The molecule has 0 radical (unpaired) electrons. The highest BCUT2D eigenvalue weighted by molar-refractivity contribution is 6.79. The number of rotatable bonds is 9. The first-order valence-electron chi connectivity index (χ1n) is 6.48. The molecule has 0 saturated heterocycles. The Hall–Kier alpha value is 0.274. The first kappa shape index (κ1) is 17.3. The first-order chi connectivity index (χ1) is 7.81. The molecule has 1 atom stereocenters. The Labute approximate surface area is 108 Å². The van der Waals surface area contributed by atoms with Crippen molar-refractivity contribution in [2.45, 2.75) is 52.1 Å². The van der Waals surface area contributed by atoms with Gasteiger partial charge >= 0.3 is 8.80 Å². The van der Waals surface area contributed by atoms with Crippen molar-refractivity contribution < 1.29 is 13.3 Å². The van der Waals surface area contributed by atoms with Crippen LogP contribution in [-0.4, -0.2) is 42.4 Å². The molecule has 0 aliphatic carbocycles. The fourth-order valence-electron chi connectivity index (χ4n) is 1.54. The Morgan fingerprint density at radius 2 is 1.24 bits per heavy atom. The maximum absolute atomic E-state index is 6.28. The largest absolute Gasteiger partial charge is 0.502 e. The number of nitrogens with two attached hydrogens (primary N) is 1. The fourth-order valence-corrected chi connectivity index (χ4v) is 7.20. The summed E-state index contributed by atoms with van der Waals surface area (Å²) in [5, 5.41) is 0. The average molecular weight is 280 g/mol. The molecule has 0 aromatic rings. The van der Waals surface area contributed by atoms with Crippen LogP contribution in [0, 0.1) is 0 Å². The van der Waals surface area contributed by atoms with Gasteiger partial charge in [0.05, 0.1) is 8.07 Å². The molecule has 6 heteroatoms. The zero-order valence-corrected chi connectivity index (χ0v) is 14.2. The highest BCUT2D eigenvalue weighted by Gasteiger charge is 2.44. The van der Waals surface area contributed by atoms with Crippen molar-refractivity contribution in [3.8, 4) is 0 Å². The molecule has 0 aromatic carbocycles. The fraction of sp³-hybridized carbons (Fsp3) is 1.00. The van der Waals surface area contributed by atoms with E-state index in [0.717, 1.165) is 6.04 Å². The maximum atomic E-state index is 6.28. The SMILES string of the molecule is CCO[Si](CC(N)[Si](C)(C)C)(OCC)OCC.